The van der Waals surface area contributed by atoms with Gasteiger partial charge in [0.1, 0.15) is 6.10 Å². The predicted octanol–water partition coefficient (Wildman–Crippen LogP) is 3.24. The molecular weight excluding hydrogens is 392 g/mol. The molecule has 2 fully saturated rings. The standard InChI is InChI=1S/C24H28N4O3/c29-23(22-10-5-17-31-22)26-13-15-27(16-14-26)24(30)25-19-7-2-4-9-21(19)28-12-11-18-6-1-3-8-20(18)28/h1-4,6-9,22H,5,10-17H2,(H,25,30). The van der Waals surface area contributed by atoms with Crippen LogP contribution in [0.2, 0.25) is 0 Å². The minimum atomic E-state index is -0.296. The molecular formula is C24H28N4O3. The number of fused-ring (bicyclic) bond motifs is 1. The second kappa shape index (κ2) is 8.59. The van der Waals surface area contributed by atoms with Gasteiger partial charge >= 0.3 is 6.03 Å². The number of nitrogens with zero attached hydrogens (tertiary/aromatic N) is 3. The van der Waals surface area contributed by atoms with E-state index in [0.29, 0.717) is 32.8 Å². The maximum absolute atomic E-state index is 13.0. The first-order valence-corrected chi connectivity index (χ1v) is 11.1. The van der Waals surface area contributed by atoms with E-state index < -0.39 is 0 Å². The normalized spacial score (nSPS) is 20.6. The van der Waals surface area contributed by atoms with Crippen molar-refractivity contribution >= 4 is 29.0 Å². The van der Waals surface area contributed by atoms with Crippen molar-refractivity contribution < 1.29 is 14.3 Å². The minimum Gasteiger partial charge on any atom is -0.368 e. The van der Waals surface area contributed by atoms with Gasteiger partial charge in [0.25, 0.3) is 5.91 Å². The van der Waals surface area contributed by atoms with Crippen LogP contribution < -0.4 is 10.2 Å². The highest BCUT2D eigenvalue weighted by molar-refractivity contribution is 5.94. The summed E-state index contributed by atoms with van der Waals surface area (Å²) >= 11 is 0. The molecule has 3 amide bonds. The maximum Gasteiger partial charge on any atom is 0.322 e. The summed E-state index contributed by atoms with van der Waals surface area (Å²) in [5, 5.41) is 3.10. The number of anilines is 3. The highest BCUT2D eigenvalue weighted by Gasteiger charge is 2.31. The largest absolute Gasteiger partial charge is 0.368 e. The van der Waals surface area contributed by atoms with E-state index in [-0.39, 0.29) is 18.0 Å². The van der Waals surface area contributed by atoms with Crippen molar-refractivity contribution in [2.24, 2.45) is 0 Å². The van der Waals surface area contributed by atoms with E-state index in [2.05, 4.69) is 40.5 Å². The van der Waals surface area contributed by atoms with Gasteiger partial charge in [-0.05, 0) is 43.0 Å². The minimum absolute atomic E-state index is 0.0654. The molecule has 3 aliphatic rings. The third-order valence-electron chi connectivity index (χ3n) is 6.41. The average Bonchev–Trinajstić information content (AvgIpc) is 3.49. The molecule has 1 N–H and O–H groups in total. The van der Waals surface area contributed by atoms with Gasteiger partial charge in [0.15, 0.2) is 0 Å². The quantitative estimate of drug-likeness (QED) is 0.828. The number of carbonyl (C=O) groups is 2. The third kappa shape index (κ3) is 3.97. The van der Waals surface area contributed by atoms with E-state index in [1.54, 1.807) is 4.90 Å². The van der Waals surface area contributed by atoms with Gasteiger partial charge in [-0.3, -0.25) is 4.79 Å². The summed E-state index contributed by atoms with van der Waals surface area (Å²) < 4.78 is 5.52. The average molecular weight is 421 g/mol. The van der Waals surface area contributed by atoms with Crippen LogP contribution in [0.1, 0.15) is 18.4 Å². The number of rotatable bonds is 3. The number of piperazine rings is 1. The molecule has 5 rings (SSSR count). The van der Waals surface area contributed by atoms with Crippen LogP contribution >= 0.6 is 0 Å². The first-order valence-electron chi connectivity index (χ1n) is 11.1. The van der Waals surface area contributed by atoms with Crippen LogP contribution in [-0.4, -0.2) is 67.2 Å². The first kappa shape index (κ1) is 19.9. The SMILES string of the molecule is O=C(Nc1ccccc1N1CCc2ccccc21)N1CCN(C(=O)C2CCCO2)CC1. The summed E-state index contributed by atoms with van der Waals surface area (Å²) in [4.78, 5) is 31.4. The Morgan fingerprint density at radius 1 is 0.871 bits per heavy atom. The molecule has 3 aliphatic heterocycles. The number of carbonyl (C=O) groups excluding carboxylic acids is 2. The third-order valence-corrected chi connectivity index (χ3v) is 6.41. The first-order chi connectivity index (χ1) is 15.2. The van der Waals surface area contributed by atoms with Crippen LogP contribution in [0.4, 0.5) is 21.9 Å². The summed E-state index contributed by atoms with van der Waals surface area (Å²) in [5.41, 5.74) is 4.34. The summed E-state index contributed by atoms with van der Waals surface area (Å²) in [6.45, 7) is 3.72. The number of hydrogen-bond donors (Lipinski definition) is 1. The molecule has 7 nitrogen and oxygen atoms in total. The van der Waals surface area contributed by atoms with Crippen LogP contribution in [0.25, 0.3) is 0 Å². The lowest BCUT2D eigenvalue weighted by molar-refractivity contribution is -0.142. The topological polar surface area (TPSA) is 65.1 Å². The highest BCUT2D eigenvalue weighted by atomic mass is 16.5. The Morgan fingerprint density at radius 3 is 2.35 bits per heavy atom. The Morgan fingerprint density at radius 2 is 1.58 bits per heavy atom. The van der Waals surface area contributed by atoms with Crippen LogP contribution in [0.3, 0.4) is 0 Å². The molecule has 1 unspecified atom stereocenters. The molecule has 0 radical (unpaired) electrons. The van der Waals surface area contributed by atoms with Gasteiger partial charge in [-0.2, -0.15) is 0 Å². The van der Waals surface area contributed by atoms with E-state index in [9.17, 15) is 9.59 Å². The van der Waals surface area contributed by atoms with E-state index in [0.717, 1.165) is 37.2 Å². The zero-order chi connectivity index (χ0) is 21.2. The lowest BCUT2D eigenvalue weighted by Crippen LogP contribution is -2.53. The molecule has 0 aliphatic carbocycles. The van der Waals surface area contributed by atoms with Crippen molar-refractivity contribution in [2.45, 2.75) is 25.4 Å². The van der Waals surface area contributed by atoms with E-state index >= 15 is 0 Å². The van der Waals surface area contributed by atoms with E-state index in [1.165, 1.54) is 11.3 Å². The maximum atomic E-state index is 13.0. The molecule has 31 heavy (non-hydrogen) atoms. The Labute approximate surface area is 182 Å². The number of benzene rings is 2. The molecule has 1 atom stereocenters. The monoisotopic (exact) mass is 420 g/mol. The van der Waals surface area contributed by atoms with Crippen LogP contribution in [-0.2, 0) is 16.0 Å². The smallest absolute Gasteiger partial charge is 0.322 e. The van der Waals surface area contributed by atoms with E-state index in [1.807, 2.05) is 23.1 Å². The van der Waals surface area contributed by atoms with Crippen LogP contribution in [0.5, 0.6) is 0 Å². The van der Waals surface area contributed by atoms with Gasteiger partial charge in [-0.1, -0.05) is 30.3 Å². The van der Waals surface area contributed by atoms with Gasteiger partial charge < -0.3 is 24.8 Å². The van der Waals surface area contributed by atoms with Crippen molar-refractivity contribution in [1.29, 1.82) is 0 Å². The molecule has 3 heterocycles. The fraction of sp³-hybridized carbons (Fsp3) is 0.417. The summed E-state index contributed by atoms with van der Waals surface area (Å²) in [7, 11) is 0. The molecule has 0 spiro atoms. The van der Waals surface area contributed by atoms with Gasteiger partial charge in [0.05, 0.1) is 11.4 Å². The Hall–Kier alpha value is -3.06. The molecule has 7 heteroatoms. The number of hydrogen-bond acceptors (Lipinski definition) is 4. The van der Waals surface area contributed by atoms with Crippen molar-refractivity contribution in [3.05, 3.63) is 54.1 Å². The molecule has 2 aromatic carbocycles. The van der Waals surface area contributed by atoms with E-state index in [4.69, 9.17) is 4.74 Å². The Bertz CT molecular complexity index is 965. The van der Waals surface area contributed by atoms with Crippen molar-refractivity contribution in [1.82, 2.24) is 9.80 Å². The number of ether oxygens (including phenoxy) is 1. The number of amides is 3. The van der Waals surface area contributed by atoms with Crippen LogP contribution in [0.15, 0.2) is 48.5 Å². The number of nitrogens with one attached hydrogen (secondary N) is 1. The Kier molecular flexibility index (Phi) is 5.51. The van der Waals surface area contributed by atoms with Crippen molar-refractivity contribution in [2.75, 3.05) is 49.5 Å². The molecule has 2 aromatic rings. The second-order valence-electron chi connectivity index (χ2n) is 8.29. The van der Waals surface area contributed by atoms with Gasteiger partial charge in [0, 0.05) is 45.0 Å². The van der Waals surface area contributed by atoms with Crippen LogP contribution in [0, 0.1) is 0 Å². The molecule has 0 saturated carbocycles. The molecule has 0 aromatic heterocycles. The van der Waals surface area contributed by atoms with Gasteiger partial charge in [0.2, 0.25) is 0 Å². The van der Waals surface area contributed by atoms with Crippen molar-refractivity contribution in [3.63, 3.8) is 0 Å². The highest BCUT2D eigenvalue weighted by Crippen LogP contribution is 2.38. The zero-order valence-electron chi connectivity index (χ0n) is 17.6. The lowest BCUT2D eigenvalue weighted by Gasteiger charge is -2.36. The summed E-state index contributed by atoms with van der Waals surface area (Å²) in [6, 6.07) is 16.2. The molecule has 0 bridgehead atoms. The second-order valence-corrected chi connectivity index (χ2v) is 8.29. The fourth-order valence-electron chi connectivity index (χ4n) is 4.70. The fourth-order valence-corrected chi connectivity index (χ4v) is 4.70. The van der Waals surface area contributed by atoms with Gasteiger partial charge in [-0.25, -0.2) is 4.79 Å². The Balaban J connectivity index is 1.23. The van der Waals surface area contributed by atoms with Gasteiger partial charge in [-0.15, -0.1) is 0 Å². The number of urea groups is 1. The zero-order valence-corrected chi connectivity index (χ0v) is 17.6. The molecule has 162 valence electrons. The lowest BCUT2D eigenvalue weighted by atomic mass is 10.2. The molecule has 2 saturated heterocycles. The summed E-state index contributed by atoms with van der Waals surface area (Å²) in [5.74, 6) is 0.0654. The summed E-state index contributed by atoms with van der Waals surface area (Å²) in [6.07, 6.45) is 2.45. The number of para-hydroxylation sites is 3. The van der Waals surface area contributed by atoms with Crippen molar-refractivity contribution in [3.8, 4) is 0 Å². The predicted molar refractivity (Wildman–Crippen MR) is 120 cm³/mol.